The van der Waals surface area contributed by atoms with Gasteiger partial charge in [-0.15, -0.1) is 5.10 Å². The topological polar surface area (TPSA) is 132 Å². The van der Waals surface area contributed by atoms with Gasteiger partial charge in [0.2, 0.25) is 0 Å². The first-order valence-corrected chi connectivity index (χ1v) is 7.10. The van der Waals surface area contributed by atoms with Crippen LogP contribution in [0.3, 0.4) is 0 Å². The first kappa shape index (κ1) is 15.6. The van der Waals surface area contributed by atoms with Gasteiger partial charge < -0.3 is 16.2 Å². The smallest absolute Gasteiger partial charge is 0.254 e. The number of amides is 1. The molecule has 0 fully saturated rings. The molecule has 3 aromatic rings. The lowest BCUT2D eigenvalue weighted by Gasteiger charge is -2.10. The zero-order valence-electron chi connectivity index (χ0n) is 12.8. The summed E-state index contributed by atoms with van der Waals surface area (Å²) in [4.78, 5) is 20.0. The Bertz CT molecular complexity index is 891. The Morgan fingerprint density at radius 3 is 2.92 bits per heavy atom. The number of nitrogens with one attached hydrogen (secondary N) is 1. The van der Waals surface area contributed by atoms with Crippen molar-refractivity contribution in [1.29, 1.82) is 0 Å². The van der Waals surface area contributed by atoms with Crippen LogP contribution in [-0.2, 0) is 6.61 Å². The number of carbonyl (C=O) groups excluding carboxylic acids is 1. The summed E-state index contributed by atoms with van der Waals surface area (Å²) < 4.78 is 1.30. The molecule has 122 valence electrons. The average molecular weight is 325 g/mol. The Morgan fingerprint density at radius 1 is 1.42 bits per heavy atom. The number of hydrogen-bond acceptors (Lipinski definition) is 7. The standard InChI is InChI=1S/C15H15N7O2/c1-9-3-2-4-10(5-9)18-14-12(13(16)24)6-17-15(19-14)22-7-11(8-23)20-21-22/h2-7,23H,8H2,1H3,(H2,16,24)(H,17,18,19). The number of benzene rings is 1. The highest BCUT2D eigenvalue weighted by Gasteiger charge is 2.14. The summed E-state index contributed by atoms with van der Waals surface area (Å²) in [6, 6.07) is 7.59. The van der Waals surface area contributed by atoms with Crippen LogP contribution in [0.5, 0.6) is 0 Å². The Kier molecular flexibility index (Phi) is 4.17. The molecule has 0 radical (unpaired) electrons. The van der Waals surface area contributed by atoms with Crippen molar-refractivity contribution < 1.29 is 9.90 Å². The van der Waals surface area contributed by atoms with Crippen LogP contribution in [0.2, 0.25) is 0 Å². The fraction of sp³-hybridized carbons (Fsp3) is 0.133. The van der Waals surface area contributed by atoms with Crippen molar-refractivity contribution in [2.75, 3.05) is 5.32 Å². The summed E-state index contributed by atoms with van der Waals surface area (Å²) in [6.45, 7) is 1.71. The second-order valence-corrected chi connectivity index (χ2v) is 5.10. The van der Waals surface area contributed by atoms with Crippen molar-refractivity contribution in [3.05, 3.63) is 53.5 Å². The largest absolute Gasteiger partial charge is 0.390 e. The van der Waals surface area contributed by atoms with E-state index in [2.05, 4.69) is 25.6 Å². The highest BCUT2D eigenvalue weighted by atomic mass is 16.3. The molecule has 4 N–H and O–H groups in total. The van der Waals surface area contributed by atoms with E-state index in [0.29, 0.717) is 5.69 Å². The molecular formula is C15H15N7O2. The number of nitrogens with zero attached hydrogens (tertiary/aromatic N) is 5. The van der Waals surface area contributed by atoms with Gasteiger partial charge in [0, 0.05) is 11.9 Å². The molecule has 0 saturated carbocycles. The van der Waals surface area contributed by atoms with Crippen LogP contribution < -0.4 is 11.1 Å². The molecule has 0 aliphatic rings. The van der Waals surface area contributed by atoms with E-state index in [9.17, 15) is 4.79 Å². The molecule has 0 saturated heterocycles. The van der Waals surface area contributed by atoms with Gasteiger partial charge in [-0.3, -0.25) is 4.79 Å². The number of aryl methyl sites for hydroxylation is 1. The van der Waals surface area contributed by atoms with Crippen LogP contribution in [0.25, 0.3) is 5.95 Å². The molecule has 0 unspecified atom stereocenters. The van der Waals surface area contributed by atoms with Gasteiger partial charge in [0.05, 0.1) is 12.8 Å². The van der Waals surface area contributed by atoms with E-state index in [1.165, 1.54) is 17.1 Å². The number of aromatic nitrogens is 5. The van der Waals surface area contributed by atoms with Crippen molar-refractivity contribution >= 4 is 17.4 Å². The number of aliphatic hydroxyl groups is 1. The van der Waals surface area contributed by atoms with Crippen molar-refractivity contribution in [2.45, 2.75) is 13.5 Å². The normalized spacial score (nSPS) is 10.6. The van der Waals surface area contributed by atoms with Crippen molar-refractivity contribution in [1.82, 2.24) is 25.0 Å². The van der Waals surface area contributed by atoms with Crippen molar-refractivity contribution in [2.24, 2.45) is 5.73 Å². The van der Waals surface area contributed by atoms with E-state index < -0.39 is 5.91 Å². The van der Waals surface area contributed by atoms with Crippen molar-refractivity contribution in [3.63, 3.8) is 0 Å². The molecule has 9 heteroatoms. The number of primary amides is 1. The van der Waals surface area contributed by atoms with Crippen LogP contribution in [0.15, 0.2) is 36.7 Å². The maximum Gasteiger partial charge on any atom is 0.254 e. The van der Waals surface area contributed by atoms with Crippen LogP contribution in [-0.4, -0.2) is 36.0 Å². The molecule has 2 heterocycles. The van der Waals surface area contributed by atoms with Crippen LogP contribution in [0, 0.1) is 6.92 Å². The molecule has 24 heavy (non-hydrogen) atoms. The SMILES string of the molecule is Cc1cccc(Nc2nc(-n3cc(CO)nn3)ncc2C(N)=O)c1. The van der Waals surface area contributed by atoms with Gasteiger partial charge in [0.25, 0.3) is 11.9 Å². The first-order chi connectivity index (χ1) is 11.6. The maximum atomic E-state index is 11.6. The van der Waals surface area contributed by atoms with E-state index in [-0.39, 0.29) is 23.9 Å². The minimum absolute atomic E-state index is 0.155. The molecule has 0 atom stereocenters. The second kappa shape index (κ2) is 6.42. The quantitative estimate of drug-likeness (QED) is 0.629. The van der Waals surface area contributed by atoms with Gasteiger partial charge in [-0.1, -0.05) is 17.3 Å². The molecule has 1 amide bonds. The number of rotatable bonds is 5. The van der Waals surface area contributed by atoms with E-state index in [4.69, 9.17) is 10.8 Å². The van der Waals surface area contributed by atoms with Gasteiger partial charge in [0.15, 0.2) is 0 Å². The predicted molar refractivity (Wildman–Crippen MR) is 85.9 cm³/mol. The zero-order valence-corrected chi connectivity index (χ0v) is 12.8. The van der Waals surface area contributed by atoms with E-state index >= 15 is 0 Å². The minimum atomic E-state index is -0.647. The van der Waals surface area contributed by atoms with Crippen LogP contribution >= 0.6 is 0 Å². The summed E-state index contributed by atoms with van der Waals surface area (Å²) in [7, 11) is 0. The third kappa shape index (κ3) is 3.20. The van der Waals surface area contributed by atoms with Gasteiger partial charge in [-0.05, 0) is 24.6 Å². The molecule has 0 aliphatic heterocycles. The van der Waals surface area contributed by atoms with Gasteiger partial charge in [0.1, 0.15) is 17.1 Å². The molecular weight excluding hydrogens is 310 g/mol. The number of carbonyl (C=O) groups is 1. The molecule has 2 aromatic heterocycles. The number of nitrogens with two attached hydrogens (primary N) is 1. The fourth-order valence-electron chi connectivity index (χ4n) is 2.09. The first-order valence-electron chi connectivity index (χ1n) is 7.10. The molecule has 0 bridgehead atoms. The summed E-state index contributed by atoms with van der Waals surface area (Å²) in [5.74, 6) is -0.187. The lowest BCUT2D eigenvalue weighted by molar-refractivity contribution is 0.100. The zero-order chi connectivity index (χ0) is 17.1. The van der Waals surface area contributed by atoms with E-state index in [1.54, 1.807) is 0 Å². The molecule has 0 aliphatic carbocycles. The van der Waals surface area contributed by atoms with Crippen LogP contribution in [0.4, 0.5) is 11.5 Å². The van der Waals surface area contributed by atoms with Gasteiger partial charge in [-0.25, -0.2) is 4.98 Å². The molecule has 9 nitrogen and oxygen atoms in total. The lowest BCUT2D eigenvalue weighted by Crippen LogP contribution is -2.16. The Morgan fingerprint density at radius 2 is 2.25 bits per heavy atom. The summed E-state index contributed by atoms with van der Waals surface area (Å²) in [5.41, 5.74) is 7.74. The van der Waals surface area contributed by atoms with E-state index in [1.807, 2.05) is 31.2 Å². The Hall–Kier alpha value is -3.33. The molecule has 1 aromatic carbocycles. The number of anilines is 2. The predicted octanol–water partition coefficient (Wildman–Crippen LogP) is 0.701. The van der Waals surface area contributed by atoms with Crippen LogP contribution in [0.1, 0.15) is 21.6 Å². The highest BCUT2D eigenvalue weighted by Crippen LogP contribution is 2.20. The Labute approximate surface area is 137 Å². The third-order valence-corrected chi connectivity index (χ3v) is 3.23. The van der Waals surface area contributed by atoms with E-state index in [0.717, 1.165) is 11.3 Å². The minimum Gasteiger partial charge on any atom is -0.390 e. The molecule has 3 rings (SSSR count). The summed E-state index contributed by atoms with van der Waals surface area (Å²) in [6.07, 6.45) is 2.82. The monoisotopic (exact) mass is 325 g/mol. The lowest BCUT2D eigenvalue weighted by atomic mass is 10.2. The number of aliphatic hydroxyl groups excluding tert-OH is 1. The molecule has 0 spiro atoms. The highest BCUT2D eigenvalue weighted by molar-refractivity contribution is 5.98. The average Bonchev–Trinajstić information content (AvgIpc) is 3.03. The van der Waals surface area contributed by atoms with Gasteiger partial charge in [-0.2, -0.15) is 9.67 Å². The fourth-order valence-corrected chi connectivity index (χ4v) is 2.09. The maximum absolute atomic E-state index is 11.6. The number of hydrogen-bond donors (Lipinski definition) is 3. The van der Waals surface area contributed by atoms with Gasteiger partial charge >= 0.3 is 0 Å². The third-order valence-electron chi connectivity index (χ3n) is 3.23. The Balaban J connectivity index is 2.01. The van der Waals surface area contributed by atoms with Crippen molar-refractivity contribution in [3.8, 4) is 5.95 Å². The summed E-state index contributed by atoms with van der Waals surface area (Å²) in [5, 5.41) is 19.7. The summed E-state index contributed by atoms with van der Waals surface area (Å²) >= 11 is 0. The second-order valence-electron chi connectivity index (χ2n) is 5.10.